The summed E-state index contributed by atoms with van der Waals surface area (Å²) in [6.07, 6.45) is 29.5. The van der Waals surface area contributed by atoms with E-state index in [1.54, 1.807) is 18.7 Å². The molecular formula is C106H114N14O8. The lowest BCUT2D eigenvalue weighted by atomic mass is 9.53. The first-order chi connectivity index (χ1) is 62.1. The lowest BCUT2D eigenvalue weighted by Crippen LogP contribution is -2.50. The van der Waals surface area contributed by atoms with E-state index in [0.717, 1.165) is 197 Å². The van der Waals surface area contributed by atoms with Crippen molar-refractivity contribution in [1.82, 2.24) is 69.9 Å². The topological polar surface area (TPSA) is 266 Å². The number of aliphatic hydroxyl groups is 4. The average molecular weight is 1710 g/mol. The number of hydrogen-bond donors (Lipinski definition) is 4. The number of fused-ring (bicyclic) bond motifs is 1. The third-order valence-electron chi connectivity index (χ3n) is 35.5. The van der Waals surface area contributed by atoms with Gasteiger partial charge in [-0.1, -0.05) is 109 Å². The summed E-state index contributed by atoms with van der Waals surface area (Å²) in [6, 6.07) is 38.5. The van der Waals surface area contributed by atoms with Crippen LogP contribution in [-0.2, 0) is 78.3 Å². The smallest absolute Gasteiger partial charge is 0.134 e. The molecule has 4 aromatic carbocycles. The molecule has 10 aromatic rings. The summed E-state index contributed by atoms with van der Waals surface area (Å²) in [5.41, 5.74) is 11.3. The Hall–Kier alpha value is -11.0. The number of aryl methyl sites for hydroxylation is 4. The molecule has 23 heterocycles. The summed E-state index contributed by atoms with van der Waals surface area (Å²) in [4.78, 5) is 9.98. The van der Waals surface area contributed by atoms with E-state index >= 15 is 0 Å². The maximum absolute atomic E-state index is 12.7. The van der Waals surface area contributed by atoms with Crippen molar-refractivity contribution >= 4 is 0 Å². The van der Waals surface area contributed by atoms with Gasteiger partial charge in [0.15, 0.2) is 0 Å². The lowest BCUT2D eigenvalue weighted by Gasteiger charge is -2.52. The molecule has 44 bridgehead atoms. The molecule has 0 saturated heterocycles. The van der Waals surface area contributed by atoms with Crippen molar-refractivity contribution in [3.63, 3.8) is 0 Å². The summed E-state index contributed by atoms with van der Waals surface area (Å²) in [6.45, 7) is 12.1. The van der Waals surface area contributed by atoms with Gasteiger partial charge >= 0.3 is 0 Å². The summed E-state index contributed by atoms with van der Waals surface area (Å²) in [7, 11) is 0. The second kappa shape index (κ2) is 31.4. The van der Waals surface area contributed by atoms with Crippen LogP contribution >= 0.6 is 0 Å². The molecule has 20 atom stereocenters. The zero-order valence-corrected chi connectivity index (χ0v) is 73.9. The minimum atomic E-state index is -1.15. The Morgan fingerprint density at radius 1 is 0.297 bits per heavy atom. The number of benzene rings is 4. The minimum Gasteiger partial charge on any atom is -0.487 e. The van der Waals surface area contributed by atoms with E-state index in [-0.39, 0.29) is 48.1 Å². The van der Waals surface area contributed by atoms with Crippen molar-refractivity contribution in [3.05, 3.63) is 224 Å². The van der Waals surface area contributed by atoms with Gasteiger partial charge in [0.2, 0.25) is 0 Å². The van der Waals surface area contributed by atoms with Crippen LogP contribution in [0.4, 0.5) is 0 Å². The van der Waals surface area contributed by atoms with Crippen LogP contribution < -0.4 is 18.9 Å². The molecule has 0 spiro atoms. The monoisotopic (exact) mass is 1710 g/mol. The van der Waals surface area contributed by atoms with Crippen LogP contribution in [0.3, 0.4) is 0 Å². The van der Waals surface area contributed by atoms with Crippen LogP contribution in [0.1, 0.15) is 270 Å². The van der Waals surface area contributed by atoms with Crippen molar-refractivity contribution in [3.8, 4) is 70.4 Å². The van der Waals surface area contributed by atoms with E-state index < -0.39 is 22.4 Å². The fraction of sp³-hybridized carbons (Fsp3) is 0.528. The standard InChI is InChI=1S/C106H114N14O8/c1-99-43-31-87-83-27-19-79-51-67(83)15-23-91(87)95(99)35-47-103(99,121)39-5-6-40-104(122)48-36-96-92-24-16-68-52-80(20-28-84(68)88(92)32-44-100(96,104)2)126-64-76-60-119(114-110-76)57-73-13-10-14-74(108-73)58-120-62-78(112-116-120)66-128-82-22-30-86-70(54-82)18-26-94-90(86)34-46-102(4)98(94)38-50-106(102,124)42-8-7-41-105(123)49-37-97-93-25-17-69-53-81(21-29-85(69)89(93)33-45-101(97,105)3)127-65-77-61-118(115-111-77)56-72-12-9-11-71(107-72)55-117-59-75(63-125-79)109-113-117/h9-14,19-22,27-30,51-54,59-62,87-98,121-124H,15-18,23-26,31-38,43-50,55-58,63-66H2,1-4H3/t87-,88-,89-,90-,91-,92-,93-,94-,95+,96+,97+,98+,99+,100+,101+,102+,103+,104+,105+,106+/m1/s1. The molecule has 22 heteroatoms. The summed E-state index contributed by atoms with van der Waals surface area (Å²) < 4.78 is 33.0. The number of pyridine rings is 2. The SMILES string of the molecule is C[C@]12CC[C@@H]3c4ccc5cc4CC[C@H]3[C@@H]1CC[C@@]2(O)C#CC#C[C@]1(O)CC[C@H]2[C@@H]3CCc4cc(ccc4[C@H]3CC[C@@]21C)OCc1cn(nn1)Cc1cccc(n1)Cn1cc(nn1)COc1ccc2c(c1)CC[C@@H]1[C@@H]2CC[C@@]2(C)[C@H]1CC[C@@]2(O)C#CC#C[C@]1(O)CC[C@H]2[C@@H]3CCc4cc(ccc4[C@H]3CC[C@@]21C)OCc1cn(nn1)Cc1cccc(n1)Cn1cc(nn1)CO5. The minimum absolute atomic E-state index is 0.288. The van der Waals surface area contributed by atoms with Gasteiger partial charge in [0.25, 0.3) is 0 Å². The van der Waals surface area contributed by atoms with Gasteiger partial charge in [-0.3, -0.25) is 9.97 Å². The predicted molar refractivity (Wildman–Crippen MR) is 477 cm³/mol. The average Bonchev–Trinajstić information content (AvgIpc) is 1.55. The van der Waals surface area contributed by atoms with Gasteiger partial charge < -0.3 is 39.4 Å². The molecule has 656 valence electrons. The Balaban J connectivity index is 0.455. The van der Waals surface area contributed by atoms with E-state index in [4.69, 9.17) is 28.9 Å². The van der Waals surface area contributed by atoms with Gasteiger partial charge in [0.1, 0.15) is 94.6 Å². The number of ether oxygens (including phenoxy) is 4. The first-order valence-corrected chi connectivity index (χ1v) is 47.6. The van der Waals surface area contributed by atoms with Crippen LogP contribution in [0.15, 0.2) is 134 Å². The van der Waals surface area contributed by atoms with Crippen LogP contribution in [0.25, 0.3) is 0 Å². The summed E-state index contributed by atoms with van der Waals surface area (Å²) in [5, 5.41) is 86.5. The largest absolute Gasteiger partial charge is 0.487 e. The number of nitrogens with zero attached hydrogens (tertiary/aromatic N) is 14. The van der Waals surface area contributed by atoms with E-state index in [1.807, 2.05) is 61.2 Å². The molecule has 0 unspecified atom stereocenters. The Morgan fingerprint density at radius 3 is 0.781 bits per heavy atom. The molecule has 0 radical (unpaired) electrons. The molecule has 39 rings (SSSR count). The van der Waals surface area contributed by atoms with Gasteiger partial charge in [-0.25, -0.2) is 18.7 Å². The molecule has 4 N–H and O–H groups in total. The Morgan fingerprint density at radius 2 is 0.539 bits per heavy atom. The zero-order chi connectivity index (χ0) is 86.5. The highest BCUT2D eigenvalue weighted by molar-refractivity contribution is 5.48. The first-order valence-electron chi connectivity index (χ1n) is 47.6. The second-order valence-electron chi connectivity index (χ2n) is 41.5. The van der Waals surface area contributed by atoms with E-state index in [9.17, 15) is 20.4 Å². The molecule has 12 aliphatic carbocycles. The quantitative estimate of drug-likeness (QED) is 0.103. The summed E-state index contributed by atoms with van der Waals surface area (Å²) in [5.74, 6) is 34.4. The maximum Gasteiger partial charge on any atom is 0.134 e. The second-order valence-corrected chi connectivity index (χ2v) is 41.5. The van der Waals surface area contributed by atoms with Crippen LogP contribution in [0.2, 0.25) is 0 Å². The number of hydrogen-bond acceptors (Lipinski definition) is 18. The predicted octanol–water partition coefficient (Wildman–Crippen LogP) is 15.4. The van der Waals surface area contributed by atoms with E-state index in [1.165, 1.54) is 44.5 Å². The molecule has 29 aliphatic rings. The fourth-order valence-corrected chi connectivity index (χ4v) is 28.6. The van der Waals surface area contributed by atoms with Gasteiger partial charge in [0.05, 0.1) is 73.7 Å². The van der Waals surface area contributed by atoms with Gasteiger partial charge in [0, 0.05) is 21.7 Å². The molecule has 0 amide bonds. The molecular weight excluding hydrogens is 1600 g/mol. The molecule has 22 nitrogen and oxygen atoms in total. The number of rotatable bonds is 0. The van der Waals surface area contributed by atoms with Crippen molar-refractivity contribution < 1.29 is 39.4 Å². The van der Waals surface area contributed by atoms with Crippen LogP contribution in [0, 0.1) is 116 Å². The molecule has 128 heavy (non-hydrogen) atoms. The van der Waals surface area contributed by atoms with Crippen molar-refractivity contribution in [1.29, 1.82) is 0 Å². The van der Waals surface area contributed by atoms with E-state index in [0.29, 0.717) is 123 Å². The van der Waals surface area contributed by atoms with E-state index in [2.05, 4.69) is 189 Å². The maximum atomic E-state index is 12.7. The Bertz CT molecular complexity index is 5560. The molecule has 8 fully saturated rings. The third-order valence-corrected chi connectivity index (χ3v) is 35.5. The zero-order valence-electron chi connectivity index (χ0n) is 73.9. The Kier molecular flexibility index (Phi) is 20.0. The molecule has 6 aromatic heterocycles. The van der Waals surface area contributed by atoms with Crippen molar-refractivity contribution in [2.24, 2.45) is 69.0 Å². The molecule has 17 aliphatic heterocycles. The Labute approximate surface area is 748 Å². The third kappa shape index (κ3) is 14.0. The van der Waals surface area contributed by atoms with Gasteiger partial charge in [-0.05, 0) is 366 Å². The highest BCUT2D eigenvalue weighted by Gasteiger charge is 2.66. The van der Waals surface area contributed by atoms with Gasteiger partial charge in [-0.15, -0.1) is 20.4 Å². The summed E-state index contributed by atoms with van der Waals surface area (Å²) >= 11 is 0. The van der Waals surface area contributed by atoms with Crippen LogP contribution in [0.5, 0.6) is 23.0 Å². The van der Waals surface area contributed by atoms with Crippen molar-refractivity contribution in [2.45, 2.75) is 280 Å². The highest BCUT2D eigenvalue weighted by Crippen LogP contribution is 2.69. The highest BCUT2D eigenvalue weighted by atomic mass is 16.5. The molecule has 8 saturated carbocycles. The normalized spacial score (nSPS) is 34.7. The van der Waals surface area contributed by atoms with Gasteiger partial charge in [-0.2, -0.15) is 0 Å². The number of aromatic nitrogens is 14. The fourth-order valence-electron chi connectivity index (χ4n) is 28.6. The van der Waals surface area contributed by atoms with Crippen LogP contribution in [-0.4, -0.2) is 113 Å². The van der Waals surface area contributed by atoms with Crippen molar-refractivity contribution in [2.75, 3.05) is 0 Å². The first kappa shape index (κ1) is 81.5. The lowest BCUT2D eigenvalue weighted by molar-refractivity contribution is -0.0651.